The Morgan fingerprint density at radius 2 is 1.92 bits per heavy atom. The van der Waals surface area contributed by atoms with Crippen molar-refractivity contribution in [1.29, 1.82) is 0 Å². The molecule has 0 fully saturated rings. The van der Waals surface area contributed by atoms with Crippen molar-refractivity contribution >= 4 is 0 Å². The SMILES string of the molecule is C.C=CC.C=CC1=CC=CCC=C1. The Morgan fingerprint density at radius 3 is 2.46 bits per heavy atom. The highest BCUT2D eigenvalue weighted by Crippen LogP contribution is 2.03. The highest BCUT2D eigenvalue weighted by atomic mass is 13.9. The third-order valence-electron chi connectivity index (χ3n) is 1.24. The van der Waals surface area contributed by atoms with Gasteiger partial charge in [-0.2, -0.15) is 0 Å². The number of hydrogen-bond donors (Lipinski definition) is 0. The van der Waals surface area contributed by atoms with Crippen LogP contribution >= 0.6 is 0 Å². The van der Waals surface area contributed by atoms with E-state index in [1.54, 1.807) is 6.08 Å². The van der Waals surface area contributed by atoms with Crippen molar-refractivity contribution in [3.05, 3.63) is 61.3 Å². The van der Waals surface area contributed by atoms with E-state index in [0.717, 1.165) is 6.42 Å². The molecule has 0 atom stereocenters. The van der Waals surface area contributed by atoms with Crippen LogP contribution in [0.1, 0.15) is 20.8 Å². The molecule has 13 heavy (non-hydrogen) atoms. The number of allylic oxidation sites excluding steroid dienone is 8. The van der Waals surface area contributed by atoms with Gasteiger partial charge in [-0.15, -0.1) is 6.58 Å². The minimum atomic E-state index is 0. The third-order valence-corrected chi connectivity index (χ3v) is 1.24. The first kappa shape index (κ1) is 14.2. The summed E-state index contributed by atoms with van der Waals surface area (Å²) in [7, 11) is 0. The van der Waals surface area contributed by atoms with Crippen molar-refractivity contribution in [3.63, 3.8) is 0 Å². The van der Waals surface area contributed by atoms with Crippen LogP contribution in [0, 0.1) is 0 Å². The molecule has 0 nitrogen and oxygen atoms in total. The smallest absolute Gasteiger partial charge is 0.0163 e. The molecule has 1 rings (SSSR count). The van der Waals surface area contributed by atoms with Crippen molar-refractivity contribution < 1.29 is 0 Å². The van der Waals surface area contributed by atoms with E-state index < -0.39 is 0 Å². The molecular formula is C13H20. The summed E-state index contributed by atoms with van der Waals surface area (Å²) in [5.74, 6) is 0. The summed E-state index contributed by atoms with van der Waals surface area (Å²) in [4.78, 5) is 0. The standard InChI is InChI=1S/C9H10.C3H6.CH4/c1-2-9-7-5-3-4-6-8-9;1-3-2;/h2-3,5-8H,1,4H2;3H,1H2,2H3;1H4. The van der Waals surface area contributed by atoms with Crippen LogP contribution in [0.5, 0.6) is 0 Å². The molecule has 0 saturated carbocycles. The van der Waals surface area contributed by atoms with Crippen LogP contribution in [0.25, 0.3) is 0 Å². The fourth-order valence-electron chi connectivity index (χ4n) is 0.732. The van der Waals surface area contributed by atoms with Crippen LogP contribution in [0.3, 0.4) is 0 Å². The van der Waals surface area contributed by atoms with Crippen LogP contribution in [-0.2, 0) is 0 Å². The molecule has 0 N–H and O–H groups in total. The van der Waals surface area contributed by atoms with Crippen molar-refractivity contribution in [2.75, 3.05) is 0 Å². The van der Waals surface area contributed by atoms with Gasteiger partial charge in [-0.05, 0) is 18.9 Å². The molecule has 0 aromatic rings. The summed E-state index contributed by atoms with van der Waals surface area (Å²) < 4.78 is 0. The fraction of sp³-hybridized carbons (Fsp3) is 0.231. The number of hydrogen-bond acceptors (Lipinski definition) is 0. The molecule has 0 heterocycles. The molecule has 0 unspecified atom stereocenters. The van der Waals surface area contributed by atoms with Crippen molar-refractivity contribution in [2.24, 2.45) is 0 Å². The van der Waals surface area contributed by atoms with Gasteiger partial charge in [-0.3, -0.25) is 0 Å². The van der Waals surface area contributed by atoms with Gasteiger partial charge in [0, 0.05) is 0 Å². The van der Waals surface area contributed by atoms with E-state index in [1.165, 1.54) is 5.57 Å². The second-order valence-electron chi connectivity index (χ2n) is 2.35. The predicted octanol–water partition coefficient (Wildman–Crippen LogP) is 4.44. The lowest BCUT2D eigenvalue weighted by atomic mass is 10.2. The second-order valence-corrected chi connectivity index (χ2v) is 2.35. The maximum absolute atomic E-state index is 3.67. The Kier molecular flexibility index (Phi) is 11.7. The lowest BCUT2D eigenvalue weighted by Crippen LogP contribution is -1.63. The van der Waals surface area contributed by atoms with Gasteiger partial charge >= 0.3 is 0 Å². The summed E-state index contributed by atoms with van der Waals surface area (Å²) >= 11 is 0. The molecular weight excluding hydrogens is 156 g/mol. The summed E-state index contributed by atoms with van der Waals surface area (Å²) in [5.41, 5.74) is 1.18. The van der Waals surface area contributed by atoms with Gasteiger partial charge in [0.1, 0.15) is 0 Å². The van der Waals surface area contributed by atoms with Gasteiger partial charge in [0.15, 0.2) is 0 Å². The van der Waals surface area contributed by atoms with E-state index in [0.29, 0.717) is 0 Å². The largest absolute Gasteiger partial charge is 0.103 e. The monoisotopic (exact) mass is 176 g/mol. The van der Waals surface area contributed by atoms with E-state index in [2.05, 4.69) is 43.5 Å². The molecule has 0 aromatic heterocycles. The van der Waals surface area contributed by atoms with Gasteiger partial charge in [-0.25, -0.2) is 0 Å². The zero-order valence-corrected chi connectivity index (χ0v) is 7.66. The van der Waals surface area contributed by atoms with Gasteiger partial charge in [0.25, 0.3) is 0 Å². The normalized spacial score (nSPS) is 12.5. The van der Waals surface area contributed by atoms with Crippen LogP contribution < -0.4 is 0 Å². The average molecular weight is 176 g/mol. The minimum absolute atomic E-state index is 0. The zero-order chi connectivity index (χ0) is 9.23. The fourth-order valence-corrected chi connectivity index (χ4v) is 0.732. The molecule has 1 aliphatic rings. The van der Waals surface area contributed by atoms with Crippen LogP contribution in [-0.4, -0.2) is 0 Å². The summed E-state index contributed by atoms with van der Waals surface area (Å²) in [6.45, 7) is 8.92. The molecule has 0 radical (unpaired) electrons. The van der Waals surface area contributed by atoms with Crippen molar-refractivity contribution in [2.45, 2.75) is 20.8 Å². The van der Waals surface area contributed by atoms with E-state index in [1.807, 2.05) is 13.0 Å². The number of rotatable bonds is 1. The molecule has 0 bridgehead atoms. The quantitative estimate of drug-likeness (QED) is 0.518. The van der Waals surface area contributed by atoms with Crippen molar-refractivity contribution in [1.82, 2.24) is 0 Å². The molecule has 0 heteroatoms. The maximum atomic E-state index is 3.67. The van der Waals surface area contributed by atoms with E-state index >= 15 is 0 Å². The first-order chi connectivity index (χ1) is 5.85. The molecule has 1 aliphatic carbocycles. The van der Waals surface area contributed by atoms with E-state index in [4.69, 9.17) is 0 Å². The maximum Gasteiger partial charge on any atom is -0.0163 e. The molecule has 0 amide bonds. The Labute approximate surface area is 82.7 Å². The lowest BCUT2D eigenvalue weighted by molar-refractivity contribution is 1.40. The summed E-state index contributed by atoms with van der Waals surface area (Å²) in [5, 5.41) is 0. The highest BCUT2D eigenvalue weighted by Gasteiger charge is 1.83. The van der Waals surface area contributed by atoms with Crippen LogP contribution in [0.4, 0.5) is 0 Å². The second kappa shape index (κ2) is 10.7. The molecule has 0 spiro atoms. The van der Waals surface area contributed by atoms with Crippen LogP contribution in [0.15, 0.2) is 61.3 Å². The highest BCUT2D eigenvalue weighted by molar-refractivity contribution is 5.34. The van der Waals surface area contributed by atoms with Crippen LogP contribution in [0.2, 0.25) is 0 Å². The van der Waals surface area contributed by atoms with Gasteiger partial charge in [-0.1, -0.05) is 56.5 Å². The topological polar surface area (TPSA) is 0 Å². The first-order valence-corrected chi connectivity index (χ1v) is 4.08. The average Bonchev–Trinajstić information content (AvgIpc) is 2.33. The van der Waals surface area contributed by atoms with E-state index in [-0.39, 0.29) is 7.43 Å². The molecule has 0 aromatic carbocycles. The zero-order valence-electron chi connectivity index (χ0n) is 7.66. The van der Waals surface area contributed by atoms with Gasteiger partial charge in [0.05, 0.1) is 0 Å². The Bertz CT molecular complexity index is 214. The summed E-state index contributed by atoms with van der Waals surface area (Å²) in [6.07, 6.45) is 15.1. The summed E-state index contributed by atoms with van der Waals surface area (Å²) in [6, 6.07) is 0. The predicted molar refractivity (Wildman–Crippen MR) is 63.8 cm³/mol. The molecule has 0 saturated heterocycles. The van der Waals surface area contributed by atoms with E-state index in [9.17, 15) is 0 Å². The Balaban J connectivity index is 0. The van der Waals surface area contributed by atoms with Crippen molar-refractivity contribution in [3.8, 4) is 0 Å². The lowest BCUT2D eigenvalue weighted by Gasteiger charge is -1.84. The molecule has 72 valence electrons. The Hall–Kier alpha value is -1.30. The third kappa shape index (κ3) is 8.61. The first-order valence-electron chi connectivity index (χ1n) is 4.08. The minimum Gasteiger partial charge on any atom is -0.103 e. The Morgan fingerprint density at radius 1 is 1.31 bits per heavy atom. The van der Waals surface area contributed by atoms with Gasteiger partial charge in [0.2, 0.25) is 0 Å². The molecule has 0 aliphatic heterocycles. The van der Waals surface area contributed by atoms with Gasteiger partial charge < -0.3 is 0 Å².